The topological polar surface area (TPSA) is 47.3 Å². The summed E-state index contributed by atoms with van der Waals surface area (Å²) in [4.78, 5) is 0. The summed E-state index contributed by atoms with van der Waals surface area (Å²) in [7, 11) is 0. The van der Waals surface area contributed by atoms with Crippen molar-refractivity contribution in [2.75, 3.05) is 11.9 Å². The van der Waals surface area contributed by atoms with Crippen molar-refractivity contribution in [3.8, 4) is 5.75 Å². The second-order valence-electron chi connectivity index (χ2n) is 4.89. The van der Waals surface area contributed by atoms with Crippen LogP contribution in [0.25, 0.3) is 0 Å². The molecule has 0 radical (unpaired) electrons. The van der Waals surface area contributed by atoms with Crippen LogP contribution in [-0.4, -0.2) is 18.7 Å². The summed E-state index contributed by atoms with van der Waals surface area (Å²) in [6, 6.07) is 8.27. The molecule has 3 heteroatoms. The van der Waals surface area contributed by atoms with E-state index in [1.165, 1.54) is 0 Å². The highest BCUT2D eigenvalue weighted by Gasteiger charge is 2.13. The van der Waals surface area contributed by atoms with E-state index in [2.05, 4.69) is 19.2 Å². The molecule has 0 aliphatic heterocycles. The summed E-state index contributed by atoms with van der Waals surface area (Å²) in [5, 5.41) is 3.45. The van der Waals surface area contributed by atoms with Gasteiger partial charge in [-0.25, -0.2) is 0 Å². The number of hydrogen-bond acceptors (Lipinski definition) is 3. The smallest absolute Gasteiger partial charge is 0.142 e. The van der Waals surface area contributed by atoms with Gasteiger partial charge in [0.15, 0.2) is 0 Å². The lowest BCUT2D eigenvalue weighted by Crippen LogP contribution is -2.33. The van der Waals surface area contributed by atoms with Crippen molar-refractivity contribution in [1.29, 1.82) is 0 Å². The predicted molar refractivity (Wildman–Crippen MR) is 73.5 cm³/mol. The van der Waals surface area contributed by atoms with Crippen LogP contribution in [0.5, 0.6) is 5.75 Å². The fourth-order valence-electron chi connectivity index (χ4n) is 1.64. The SMILES string of the molecule is CC(C)Oc1ccccc1NC(CN)C(C)C. The minimum atomic E-state index is 0.174. The Morgan fingerprint density at radius 3 is 2.35 bits per heavy atom. The van der Waals surface area contributed by atoms with Gasteiger partial charge in [-0.2, -0.15) is 0 Å². The maximum Gasteiger partial charge on any atom is 0.142 e. The van der Waals surface area contributed by atoms with Crippen molar-refractivity contribution >= 4 is 5.69 Å². The zero-order valence-corrected chi connectivity index (χ0v) is 11.2. The Hall–Kier alpha value is -1.22. The van der Waals surface area contributed by atoms with E-state index in [0.29, 0.717) is 12.5 Å². The highest BCUT2D eigenvalue weighted by Crippen LogP contribution is 2.26. The second-order valence-corrected chi connectivity index (χ2v) is 4.89. The molecule has 0 amide bonds. The van der Waals surface area contributed by atoms with E-state index in [-0.39, 0.29) is 12.1 Å². The van der Waals surface area contributed by atoms with E-state index < -0.39 is 0 Å². The lowest BCUT2D eigenvalue weighted by atomic mass is 10.0. The molecule has 1 unspecified atom stereocenters. The first-order valence-electron chi connectivity index (χ1n) is 6.27. The third-order valence-electron chi connectivity index (χ3n) is 2.65. The molecule has 0 saturated heterocycles. The van der Waals surface area contributed by atoms with E-state index in [1.54, 1.807) is 0 Å². The first-order valence-corrected chi connectivity index (χ1v) is 6.27. The molecule has 17 heavy (non-hydrogen) atoms. The van der Waals surface area contributed by atoms with E-state index >= 15 is 0 Å². The number of nitrogens with two attached hydrogens (primary N) is 1. The van der Waals surface area contributed by atoms with Gasteiger partial charge in [0.1, 0.15) is 5.75 Å². The molecule has 0 spiro atoms. The summed E-state index contributed by atoms with van der Waals surface area (Å²) in [6.07, 6.45) is 0.174. The van der Waals surface area contributed by atoms with Gasteiger partial charge >= 0.3 is 0 Å². The molecule has 96 valence electrons. The highest BCUT2D eigenvalue weighted by molar-refractivity contribution is 5.56. The van der Waals surface area contributed by atoms with Gasteiger partial charge < -0.3 is 15.8 Å². The molecule has 0 bridgehead atoms. The summed E-state index contributed by atoms with van der Waals surface area (Å²) >= 11 is 0. The monoisotopic (exact) mass is 236 g/mol. The molecule has 1 aromatic rings. The molecule has 0 saturated carbocycles. The molecule has 1 aromatic carbocycles. The normalized spacial score (nSPS) is 12.9. The Kier molecular flexibility index (Phi) is 5.29. The lowest BCUT2D eigenvalue weighted by Gasteiger charge is -2.24. The minimum absolute atomic E-state index is 0.174. The quantitative estimate of drug-likeness (QED) is 0.798. The lowest BCUT2D eigenvalue weighted by molar-refractivity contribution is 0.243. The molecule has 3 N–H and O–H groups in total. The molecule has 0 fully saturated rings. The number of nitrogens with one attached hydrogen (secondary N) is 1. The molecular weight excluding hydrogens is 212 g/mol. The van der Waals surface area contributed by atoms with Crippen LogP contribution < -0.4 is 15.8 Å². The van der Waals surface area contributed by atoms with Gasteiger partial charge in [-0.15, -0.1) is 0 Å². The summed E-state index contributed by atoms with van der Waals surface area (Å²) in [5.74, 6) is 1.38. The van der Waals surface area contributed by atoms with Crippen LogP contribution >= 0.6 is 0 Å². The van der Waals surface area contributed by atoms with E-state index in [1.807, 2.05) is 38.1 Å². The molecule has 0 aliphatic rings. The van der Waals surface area contributed by atoms with Gasteiger partial charge in [-0.05, 0) is 31.9 Å². The number of ether oxygens (including phenoxy) is 1. The molecule has 0 heterocycles. The Morgan fingerprint density at radius 1 is 1.18 bits per heavy atom. The zero-order valence-electron chi connectivity index (χ0n) is 11.2. The van der Waals surface area contributed by atoms with Gasteiger partial charge in [0, 0.05) is 12.6 Å². The average molecular weight is 236 g/mol. The Morgan fingerprint density at radius 2 is 1.82 bits per heavy atom. The maximum absolute atomic E-state index is 5.77. The summed E-state index contributed by atoms with van der Waals surface area (Å²) in [6.45, 7) is 9.00. The van der Waals surface area contributed by atoms with Crippen molar-refractivity contribution in [3.05, 3.63) is 24.3 Å². The van der Waals surface area contributed by atoms with Crippen molar-refractivity contribution in [3.63, 3.8) is 0 Å². The molecule has 0 aromatic heterocycles. The van der Waals surface area contributed by atoms with Gasteiger partial charge in [0.2, 0.25) is 0 Å². The fraction of sp³-hybridized carbons (Fsp3) is 0.571. The van der Waals surface area contributed by atoms with E-state index in [4.69, 9.17) is 10.5 Å². The van der Waals surface area contributed by atoms with Crippen LogP contribution in [0.3, 0.4) is 0 Å². The van der Waals surface area contributed by atoms with Gasteiger partial charge in [-0.1, -0.05) is 26.0 Å². The maximum atomic E-state index is 5.77. The van der Waals surface area contributed by atoms with Gasteiger partial charge in [-0.3, -0.25) is 0 Å². The van der Waals surface area contributed by atoms with Crippen molar-refractivity contribution < 1.29 is 4.74 Å². The summed E-state index contributed by atoms with van der Waals surface area (Å²) in [5.41, 5.74) is 6.79. The zero-order chi connectivity index (χ0) is 12.8. The van der Waals surface area contributed by atoms with Crippen molar-refractivity contribution in [1.82, 2.24) is 0 Å². The Balaban J connectivity index is 2.82. The van der Waals surface area contributed by atoms with Crippen LogP contribution in [-0.2, 0) is 0 Å². The number of rotatable bonds is 6. The Labute approximate surface area is 104 Å². The van der Waals surface area contributed by atoms with Crippen LogP contribution in [0.1, 0.15) is 27.7 Å². The molecule has 1 rings (SSSR count). The standard InChI is InChI=1S/C14H24N2O/c1-10(2)13(9-15)16-12-7-5-6-8-14(12)17-11(3)4/h5-8,10-11,13,16H,9,15H2,1-4H3. The molecular formula is C14H24N2O. The van der Waals surface area contributed by atoms with Gasteiger partial charge in [0.05, 0.1) is 11.8 Å². The largest absolute Gasteiger partial charge is 0.489 e. The highest BCUT2D eigenvalue weighted by atomic mass is 16.5. The number of para-hydroxylation sites is 2. The van der Waals surface area contributed by atoms with Crippen molar-refractivity contribution in [2.45, 2.75) is 39.8 Å². The fourth-order valence-corrected chi connectivity index (χ4v) is 1.64. The van der Waals surface area contributed by atoms with E-state index in [0.717, 1.165) is 11.4 Å². The number of anilines is 1. The van der Waals surface area contributed by atoms with Crippen LogP contribution in [0.15, 0.2) is 24.3 Å². The Bertz CT molecular complexity index is 337. The molecule has 0 aliphatic carbocycles. The average Bonchev–Trinajstić information content (AvgIpc) is 2.26. The summed E-state index contributed by atoms with van der Waals surface area (Å²) < 4.78 is 5.77. The third kappa shape index (κ3) is 4.27. The van der Waals surface area contributed by atoms with Crippen molar-refractivity contribution in [2.24, 2.45) is 11.7 Å². The van der Waals surface area contributed by atoms with E-state index in [9.17, 15) is 0 Å². The molecule has 3 nitrogen and oxygen atoms in total. The van der Waals surface area contributed by atoms with Crippen LogP contribution in [0, 0.1) is 5.92 Å². The van der Waals surface area contributed by atoms with Crippen LogP contribution in [0.4, 0.5) is 5.69 Å². The third-order valence-corrected chi connectivity index (χ3v) is 2.65. The van der Waals surface area contributed by atoms with Gasteiger partial charge in [0.25, 0.3) is 0 Å². The first-order chi connectivity index (χ1) is 8.04. The van der Waals surface area contributed by atoms with Crippen LogP contribution in [0.2, 0.25) is 0 Å². The first kappa shape index (κ1) is 13.8. The minimum Gasteiger partial charge on any atom is -0.489 e. The predicted octanol–water partition coefficient (Wildman–Crippen LogP) is 2.87. The number of hydrogen-bond donors (Lipinski definition) is 2. The number of benzene rings is 1. The molecule has 1 atom stereocenters. The second kappa shape index (κ2) is 6.50.